The van der Waals surface area contributed by atoms with Crippen molar-refractivity contribution < 1.29 is 14.3 Å². The van der Waals surface area contributed by atoms with E-state index in [1.165, 1.54) is 12.1 Å². The molecule has 6 nitrogen and oxygen atoms in total. The Morgan fingerprint density at radius 1 is 1.13 bits per heavy atom. The Balaban J connectivity index is 1.56. The van der Waals surface area contributed by atoms with Gasteiger partial charge in [-0.05, 0) is 61.6 Å². The number of likely N-dealkylation sites (N-methyl/N-ethyl adjacent to an activating group) is 1. The summed E-state index contributed by atoms with van der Waals surface area (Å²) in [7, 11) is 1.83. The van der Waals surface area contributed by atoms with Crippen molar-refractivity contribution in [2.24, 2.45) is 0 Å². The van der Waals surface area contributed by atoms with Crippen molar-refractivity contribution in [1.29, 1.82) is 0 Å². The van der Waals surface area contributed by atoms with Crippen LogP contribution < -0.4 is 0 Å². The first kappa shape index (κ1) is 21.2. The molecular weight excluding hydrogens is 395 g/mol. The summed E-state index contributed by atoms with van der Waals surface area (Å²) in [6.07, 6.45) is 6.80. The number of hydrogen-bond acceptors (Lipinski definition) is 4. The molecule has 0 atom stereocenters. The van der Waals surface area contributed by atoms with Crippen LogP contribution in [0.4, 0.5) is 4.39 Å². The highest BCUT2D eigenvalue weighted by Gasteiger charge is 2.26. The smallest absolute Gasteiger partial charge is 0.244 e. The molecule has 1 aliphatic carbocycles. The Hall–Kier alpha value is -3.06. The number of hydrogen-bond donors (Lipinski definition) is 1. The molecule has 0 saturated heterocycles. The minimum Gasteiger partial charge on any atom is -0.393 e. The third kappa shape index (κ3) is 5.17. The predicted octanol–water partition coefficient (Wildman–Crippen LogP) is 3.44. The number of halogens is 1. The molecule has 2 aromatic heterocycles. The number of nitrogens with zero attached hydrogens (tertiary/aromatic N) is 4. The highest BCUT2D eigenvalue weighted by atomic mass is 19.1. The fourth-order valence-electron chi connectivity index (χ4n) is 4.10. The van der Waals surface area contributed by atoms with Crippen molar-refractivity contribution in [3.63, 3.8) is 0 Å². The lowest BCUT2D eigenvalue weighted by Gasteiger charge is -2.33. The molecule has 162 valence electrons. The first-order valence-corrected chi connectivity index (χ1v) is 10.6. The molecular formula is C24H27FN4O2. The number of aliphatic hydroxyl groups is 1. The Morgan fingerprint density at radius 3 is 2.48 bits per heavy atom. The molecule has 0 aliphatic heterocycles. The molecule has 0 bridgehead atoms. The Bertz CT molecular complexity index is 1010. The third-order valence-corrected chi connectivity index (χ3v) is 6.03. The molecule has 1 aliphatic rings. The summed E-state index contributed by atoms with van der Waals surface area (Å²) < 4.78 is 15.0. The van der Waals surface area contributed by atoms with Crippen molar-refractivity contribution in [2.45, 2.75) is 50.8 Å². The lowest BCUT2D eigenvalue weighted by Crippen LogP contribution is -2.42. The van der Waals surface area contributed by atoms with Crippen molar-refractivity contribution in [3.05, 3.63) is 71.9 Å². The first-order chi connectivity index (χ1) is 15.0. The van der Waals surface area contributed by atoms with Gasteiger partial charge in [0.25, 0.3) is 0 Å². The van der Waals surface area contributed by atoms with Crippen LogP contribution in [0, 0.1) is 5.82 Å². The average Bonchev–Trinajstić information content (AvgIpc) is 3.18. The van der Waals surface area contributed by atoms with E-state index in [-0.39, 0.29) is 30.4 Å². The maximum absolute atomic E-state index is 13.3. The highest BCUT2D eigenvalue weighted by molar-refractivity contribution is 5.76. The Kier molecular flexibility index (Phi) is 6.42. The fourth-order valence-corrected chi connectivity index (χ4v) is 4.10. The lowest BCUT2D eigenvalue weighted by molar-refractivity contribution is -0.133. The van der Waals surface area contributed by atoms with Gasteiger partial charge in [-0.3, -0.25) is 14.5 Å². The molecule has 4 rings (SSSR count). The normalized spacial score (nSPS) is 18.7. The molecule has 3 aromatic rings. The van der Waals surface area contributed by atoms with Crippen molar-refractivity contribution in [3.8, 4) is 11.3 Å². The van der Waals surface area contributed by atoms with Crippen molar-refractivity contribution >= 4 is 5.91 Å². The molecule has 1 fully saturated rings. The molecule has 1 N–H and O–H groups in total. The number of carbonyl (C=O) groups is 1. The minimum absolute atomic E-state index is 0.00822. The maximum Gasteiger partial charge on any atom is 0.244 e. The van der Waals surface area contributed by atoms with E-state index in [0.717, 1.165) is 48.2 Å². The quantitative estimate of drug-likeness (QED) is 0.661. The van der Waals surface area contributed by atoms with E-state index in [1.54, 1.807) is 34.1 Å². The third-order valence-electron chi connectivity index (χ3n) is 6.03. The van der Waals surface area contributed by atoms with Crippen molar-refractivity contribution in [1.82, 2.24) is 19.7 Å². The van der Waals surface area contributed by atoms with E-state index >= 15 is 0 Å². The molecule has 1 amide bonds. The molecule has 7 heteroatoms. The van der Waals surface area contributed by atoms with E-state index in [0.29, 0.717) is 6.42 Å². The summed E-state index contributed by atoms with van der Waals surface area (Å²) in [6.45, 7) is 0.136. The number of amides is 1. The molecule has 2 heterocycles. The van der Waals surface area contributed by atoms with E-state index in [9.17, 15) is 14.3 Å². The number of carbonyl (C=O) groups excluding carboxylic acids is 1. The van der Waals surface area contributed by atoms with Crippen LogP contribution in [0.5, 0.6) is 0 Å². The summed E-state index contributed by atoms with van der Waals surface area (Å²) in [5, 5.41) is 14.4. The second-order valence-corrected chi connectivity index (χ2v) is 8.18. The van der Waals surface area contributed by atoms with Gasteiger partial charge in [-0.25, -0.2) is 4.39 Å². The standard InChI is InChI=1S/C24H27FN4O2/c1-28(20-6-8-22(30)9-7-20)24(31)16-29-21(14-17-2-4-19(25)5-3-17)15-23(27-29)18-10-12-26-13-11-18/h2-5,10-13,15,20,22,30H,6-9,14,16H2,1H3/t20-,22-. The van der Waals surface area contributed by atoms with Crippen LogP contribution in [0.1, 0.15) is 36.9 Å². The van der Waals surface area contributed by atoms with Gasteiger partial charge in [0.1, 0.15) is 12.4 Å². The Morgan fingerprint density at radius 2 is 1.81 bits per heavy atom. The van der Waals surface area contributed by atoms with E-state index in [1.807, 2.05) is 25.2 Å². The zero-order chi connectivity index (χ0) is 21.8. The van der Waals surface area contributed by atoms with Gasteiger partial charge in [0.05, 0.1) is 11.8 Å². The van der Waals surface area contributed by atoms with Crippen LogP contribution in [0.2, 0.25) is 0 Å². The summed E-state index contributed by atoms with van der Waals surface area (Å²) in [4.78, 5) is 18.9. The highest BCUT2D eigenvalue weighted by Crippen LogP contribution is 2.24. The van der Waals surface area contributed by atoms with Gasteiger partial charge < -0.3 is 10.0 Å². The van der Waals surface area contributed by atoms with Gasteiger partial charge in [-0.1, -0.05) is 12.1 Å². The van der Waals surface area contributed by atoms with Gasteiger partial charge in [0.15, 0.2) is 0 Å². The summed E-state index contributed by atoms with van der Waals surface area (Å²) >= 11 is 0. The van der Waals surface area contributed by atoms with Crippen LogP contribution in [-0.2, 0) is 17.8 Å². The number of aliphatic hydroxyl groups excluding tert-OH is 1. The van der Waals surface area contributed by atoms with E-state index in [4.69, 9.17) is 5.10 Å². The summed E-state index contributed by atoms with van der Waals surface area (Å²) in [6, 6.07) is 12.3. The number of aromatic nitrogens is 3. The fraction of sp³-hybridized carbons (Fsp3) is 0.375. The average molecular weight is 423 g/mol. The summed E-state index contributed by atoms with van der Waals surface area (Å²) in [5.74, 6) is -0.282. The van der Waals surface area contributed by atoms with Gasteiger partial charge in [-0.2, -0.15) is 5.10 Å². The molecule has 31 heavy (non-hydrogen) atoms. The monoisotopic (exact) mass is 422 g/mol. The van der Waals surface area contributed by atoms with Gasteiger partial charge in [0, 0.05) is 43.2 Å². The minimum atomic E-state index is -0.274. The van der Waals surface area contributed by atoms with Gasteiger partial charge >= 0.3 is 0 Å². The molecule has 0 unspecified atom stereocenters. The van der Waals surface area contributed by atoms with Crippen LogP contribution in [-0.4, -0.2) is 49.9 Å². The van der Waals surface area contributed by atoms with Crippen LogP contribution >= 0.6 is 0 Å². The molecule has 1 aromatic carbocycles. The first-order valence-electron chi connectivity index (χ1n) is 10.6. The van der Waals surface area contributed by atoms with E-state index < -0.39 is 0 Å². The SMILES string of the molecule is CN(C(=O)Cn1nc(-c2ccncc2)cc1Cc1ccc(F)cc1)[C@H]1CC[C@H](O)CC1. The number of rotatable bonds is 6. The second-order valence-electron chi connectivity index (χ2n) is 8.18. The topological polar surface area (TPSA) is 71.2 Å². The van der Waals surface area contributed by atoms with E-state index in [2.05, 4.69) is 4.98 Å². The van der Waals surface area contributed by atoms with Gasteiger partial charge in [0.2, 0.25) is 5.91 Å². The molecule has 0 spiro atoms. The maximum atomic E-state index is 13.3. The zero-order valence-corrected chi connectivity index (χ0v) is 17.6. The molecule has 0 radical (unpaired) electrons. The number of benzene rings is 1. The van der Waals surface area contributed by atoms with Crippen LogP contribution in [0.15, 0.2) is 54.9 Å². The van der Waals surface area contributed by atoms with Gasteiger partial charge in [-0.15, -0.1) is 0 Å². The Labute approximate surface area is 181 Å². The predicted molar refractivity (Wildman–Crippen MR) is 116 cm³/mol. The zero-order valence-electron chi connectivity index (χ0n) is 17.6. The van der Waals surface area contributed by atoms with Crippen molar-refractivity contribution in [2.75, 3.05) is 7.05 Å². The van der Waals surface area contributed by atoms with Crippen LogP contribution in [0.3, 0.4) is 0 Å². The summed E-state index contributed by atoms with van der Waals surface area (Å²) in [5.41, 5.74) is 3.54. The second kappa shape index (κ2) is 9.39. The largest absolute Gasteiger partial charge is 0.393 e. The lowest BCUT2D eigenvalue weighted by atomic mass is 9.92. The van der Waals surface area contributed by atoms with Crippen LogP contribution in [0.25, 0.3) is 11.3 Å². The molecule has 1 saturated carbocycles. The number of pyridine rings is 1.